The number of carbonyl (C=O) groups is 1. The fourth-order valence-corrected chi connectivity index (χ4v) is 2.84. The standard InChI is InChI=1S/C16H31NO4/c1-6-20-15(18)16(4,17-12(2)3)11-21-14-9-7-8-13(10-14)19-5/h12-14,17H,6-11H2,1-5H3. The van der Waals surface area contributed by atoms with E-state index >= 15 is 0 Å². The van der Waals surface area contributed by atoms with Crippen molar-refractivity contribution < 1.29 is 19.0 Å². The van der Waals surface area contributed by atoms with Gasteiger partial charge in [0.25, 0.3) is 0 Å². The van der Waals surface area contributed by atoms with Crippen molar-refractivity contribution in [2.24, 2.45) is 0 Å². The molecule has 0 aliphatic heterocycles. The van der Waals surface area contributed by atoms with E-state index in [1.807, 2.05) is 27.7 Å². The minimum Gasteiger partial charge on any atom is -0.465 e. The maximum Gasteiger partial charge on any atom is 0.328 e. The van der Waals surface area contributed by atoms with Crippen molar-refractivity contribution in [2.75, 3.05) is 20.3 Å². The zero-order valence-corrected chi connectivity index (χ0v) is 14.1. The van der Waals surface area contributed by atoms with E-state index in [4.69, 9.17) is 14.2 Å². The minimum absolute atomic E-state index is 0.159. The van der Waals surface area contributed by atoms with Crippen molar-refractivity contribution in [1.29, 1.82) is 0 Å². The topological polar surface area (TPSA) is 56.8 Å². The summed E-state index contributed by atoms with van der Waals surface area (Å²) in [6, 6.07) is 0.182. The van der Waals surface area contributed by atoms with Gasteiger partial charge in [-0.25, -0.2) is 4.79 Å². The SMILES string of the molecule is CCOC(=O)C(C)(COC1CCCC(OC)C1)NC(C)C. The van der Waals surface area contributed by atoms with Crippen molar-refractivity contribution in [3.8, 4) is 0 Å². The molecule has 1 aliphatic carbocycles. The van der Waals surface area contributed by atoms with Crippen molar-refractivity contribution in [3.05, 3.63) is 0 Å². The second-order valence-electron chi connectivity index (χ2n) is 6.31. The van der Waals surface area contributed by atoms with Crippen LogP contribution in [0.1, 0.15) is 53.4 Å². The monoisotopic (exact) mass is 301 g/mol. The smallest absolute Gasteiger partial charge is 0.328 e. The van der Waals surface area contributed by atoms with E-state index in [1.165, 1.54) is 0 Å². The molecule has 3 atom stereocenters. The van der Waals surface area contributed by atoms with Crippen LogP contribution in [-0.2, 0) is 19.0 Å². The Morgan fingerprint density at radius 3 is 2.57 bits per heavy atom. The predicted octanol–water partition coefficient (Wildman–Crippen LogP) is 2.28. The van der Waals surface area contributed by atoms with Crippen molar-refractivity contribution in [2.45, 2.75) is 77.2 Å². The average Bonchev–Trinajstić information content (AvgIpc) is 2.45. The number of methoxy groups -OCH3 is 1. The maximum atomic E-state index is 12.2. The van der Waals surface area contributed by atoms with E-state index < -0.39 is 5.54 Å². The summed E-state index contributed by atoms with van der Waals surface area (Å²) >= 11 is 0. The third kappa shape index (κ3) is 5.93. The van der Waals surface area contributed by atoms with Gasteiger partial charge in [0.2, 0.25) is 0 Å². The van der Waals surface area contributed by atoms with Crippen LogP contribution in [0, 0.1) is 0 Å². The maximum absolute atomic E-state index is 12.2. The van der Waals surface area contributed by atoms with Crippen LogP contribution in [0.25, 0.3) is 0 Å². The van der Waals surface area contributed by atoms with E-state index in [0.717, 1.165) is 25.7 Å². The fourth-order valence-electron chi connectivity index (χ4n) is 2.84. The van der Waals surface area contributed by atoms with E-state index in [1.54, 1.807) is 7.11 Å². The largest absolute Gasteiger partial charge is 0.465 e. The van der Waals surface area contributed by atoms with Gasteiger partial charge in [0.05, 0.1) is 25.4 Å². The summed E-state index contributed by atoms with van der Waals surface area (Å²) in [5.41, 5.74) is -0.801. The number of carbonyl (C=O) groups excluding carboxylic acids is 1. The second-order valence-corrected chi connectivity index (χ2v) is 6.31. The number of hydrogen-bond acceptors (Lipinski definition) is 5. The second kappa shape index (κ2) is 8.71. The molecule has 5 heteroatoms. The Hall–Kier alpha value is -0.650. The molecule has 1 aliphatic rings. The molecule has 1 rings (SSSR count). The van der Waals surface area contributed by atoms with Gasteiger partial charge < -0.3 is 14.2 Å². The fraction of sp³-hybridized carbons (Fsp3) is 0.938. The number of ether oxygens (including phenoxy) is 3. The van der Waals surface area contributed by atoms with E-state index in [-0.39, 0.29) is 24.2 Å². The summed E-state index contributed by atoms with van der Waals surface area (Å²) in [5, 5.41) is 3.27. The average molecular weight is 301 g/mol. The number of esters is 1. The van der Waals surface area contributed by atoms with E-state index in [9.17, 15) is 4.79 Å². The van der Waals surface area contributed by atoms with Crippen LogP contribution >= 0.6 is 0 Å². The van der Waals surface area contributed by atoms with Gasteiger partial charge in [-0.1, -0.05) is 0 Å². The summed E-state index contributed by atoms with van der Waals surface area (Å²) in [4.78, 5) is 12.2. The van der Waals surface area contributed by atoms with Crippen LogP contribution in [0.15, 0.2) is 0 Å². The zero-order chi connectivity index (χ0) is 15.9. The van der Waals surface area contributed by atoms with Crippen LogP contribution < -0.4 is 5.32 Å². The summed E-state index contributed by atoms with van der Waals surface area (Å²) in [6.45, 7) is 8.40. The molecule has 0 aromatic carbocycles. The normalized spacial score (nSPS) is 25.6. The highest BCUT2D eigenvalue weighted by Crippen LogP contribution is 2.24. The summed E-state index contributed by atoms with van der Waals surface area (Å²) in [7, 11) is 1.75. The molecular weight excluding hydrogens is 270 g/mol. The number of hydrogen-bond donors (Lipinski definition) is 1. The molecule has 1 N–H and O–H groups in total. The zero-order valence-electron chi connectivity index (χ0n) is 14.1. The Morgan fingerprint density at radius 2 is 2.00 bits per heavy atom. The van der Waals surface area contributed by atoms with Gasteiger partial charge in [0.1, 0.15) is 5.54 Å². The molecule has 0 bridgehead atoms. The van der Waals surface area contributed by atoms with Crippen molar-refractivity contribution in [1.82, 2.24) is 5.32 Å². The van der Waals surface area contributed by atoms with E-state index in [2.05, 4.69) is 5.32 Å². The van der Waals surface area contributed by atoms with Gasteiger partial charge in [0, 0.05) is 13.2 Å². The van der Waals surface area contributed by atoms with Gasteiger partial charge in [0.15, 0.2) is 0 Å². The first-order valence-corrected chi connectivity index (χ1v) is 8.00. The first-order chi connectivity index (χ1) is 9.91. The minimum atomic E-state index is -0.801. The molecule has 1 saturated carbocycles. The molecule has 124 valence electrons. The highest BCUT2D eigenvalue weighted by molar-refractivity contribution is 5.80. The van der Waals surface area contributed by atoms with Crippen molar-refractivity contribution in [3.63, 3.8) is 0 Å². The molecule has 0 aromatic rings. The molecule has 1 fully saturated rings. The molecule has 0 saturated heterocycles. The van der Waals surface area contributed by atoms with Gasteiger partial charge in [-0.15, -0.1) is 0 Å². The van der Waals surface area contributed by atoms with Gasteiger partial charge >= 0.3 is 5.97 Å². The highest BCUT2D eigenvalue weighted by Gasteiger charge is 2.37. The first-order valence-electron chi connectivity index (χ1n) is 8.00. The molecule has 0 spiro atoms. The molecule has 0 heterocycles. The Morgan fingerprint density at radius 1 is 1.33 bits per heavy atom. The Balaban J connectivity index is 2.58. The van der Waals surface area contributed by atoms with Crippen LogP contribution in [0.5, 0.6) is 0 Å². The quantitative estimate of drug-likeness (QED) is 0.697. The molecule has 0 aromatic heterocycles. The molecule has 0 radical (unpaired) electrons. The lowest BCUT2D eigenvalue weighted by Gasteiger charge is -2.34. The summed E-state index contributed by atoms with van der Waals surface area (Å²) < 4.78 is 16.6. The molecule has 5 nitrogen and oxygen atoms in total. The van der Waals surface area contributed by atoms with Gasteiger partial charge in [-0.3, -0.25) is 5.32 Å². The first kappa shape index (κ1) is 18.4. The van der Waals surface area contributed by atoms with E-state index in [0.29, 0.717) is 13.2 Å². The van der Waals surface area contributed by atoms with Gasteiger partial charge in [-0.05, 0) is 53.4 Å². The third-order valence-corrected chi connectivity index (χ3v) is 3.85. The number of rotatable bonds is 8. The predicted molar refractivity (Wildman–Crippen MR) is 82.3 cm³/mol. The lowest BCUT2D eigenvalue weighted by atomic mass is 9.94. The highest BCUT2D eigenvalue weighted by atomic mass is 16.5. The summed E-state index contributed by atoms with van der Waals surface area (Å²) in [5.74, 6) is -0.252. The van der Waals surface area contributed by atoms with Crippen molar-refractivity contribution >= 4 is 5.97 Å². The van der Waals surface area contributed by atoms with Gasteiger partial charge in [-0.2, -0.15) is 0 Å². The Bertz CT molecular complexity index is 321. The summed E-state index contributed by atoms with van der Waals surface area (Å²) in [6.07, 6.45) is 4.56. The van der Waals surface area contributed by atoms with Crippen LogP contribution in [0.4, 0.5) is 0 Å². The molecule has 21 heavy (non-hydrogen) atoms. The molecule has 0 amide bonds. The Kier molecular flexibility index (Phi) is 7.63. The lowest BCUT2D eigenvalue weighted by molar-refractivity contribution is -0.155. The van der Waals surface area contributed by atoms with Crippen LogP contribution in [0.2, 0.25) is 0 Å². The number of nitrogens with one attached hydrogen (secondary N) is 1. The molecular formula is C16H31NO4. The van der Waals surface area contributed by atoms with Crippen LogP contribution in [0.3, 0.4) is 0 Å². The lowest BCUT2D eigenvalue weighted by Crippen LogP contribution is -2.57. The Labute approximate surface area is 128 Å². The van der Waals surface area contributed by atoms with Crippen LogP contribution in [-0.4, -0.2) is 50.1 Å². The third-order valence-electron chi connectivity index (χ3n) is 3.85. The molecule has 3 unspecified atom stereocenters.